The van der Waals surface area contributed by atoms with Gasteiger partial charge in [0.05, 0.1) is 5.57 Å². The van der Waals surface area contributed by atoms with Gasteiger partial charge in [0, 0.05) is 23.8 Å². The lowest BCUT2D eigenvalue weighted by Crippen LogP contribution is -2.51. The average molecular weight is 350 g/mol. The van der Waals surface area contributed by atoms with Gasteiger partial charge in [0.25, 0.3) is 11.8 Å². The summed E-state index contributed by atoms with van der Waals surface area (Å²) < 4.78 is 0. The predicted octanol–water partition coefficient (Wildman–Crippen LogP) is 2.16. The maximum Gasteiger partial charge on any atom is 0.254 e. The summed E-state index contributed by atoms with van der Waals surface area (Å²) in [6.45, 7) is 2.30. The maximum atomic E-state index is 13.6. The number of para-hydroxylation sites is 1. The third kappa shape index (κ3) is 1.86. The number of nitrogens with two attached hydrogens (primary N) is 1. The lowest BCUT2D eigenvalue weighted by molar-refractivity contribution is -0.139. The summed E-state index contributed by atoms with van der Waals surface area (Å²) in [6.07, 6.45) is 4.91. The number of carbonyl (C=O) groups is 2. The molecule has 0 aromatic heterocycles. The zero-order valence-corrected chi connectivity index (χ0v) is 14.9. The molecule has 2 aliphatic heterocycles. The first-order valence-electron chi connectivity index (χ1n) is 9.24. The second kappa shape index (κ2) is 5.87. The third-order valence-electron chi connectivity index (χ3n) is 5.96. The number of carbonyl (C=O) groups excluding carboxylic acids is 2. The molecule has 0 radical (unpaired) electrons. The Morgan fingerprint density at radius 2 is 1.88 bits per heavy atom. The topological polar surface area (TPSA) is 90.4 Å². The van der Waals surface area contributed by atoms with Gasteiger partial charge in [0.1, 0.15) is 11.9 Å². The Hall–Kier alpha value is -2.81. The van der Waals surface area contributed by atoms with E-state index in [2.05, 4.69) is 6.07 Å². The highest BCUT2D eigenvalue weighted by atomic mass is 16.2. The molecule has 6 nitrogen and oxygen atoms in total. The predicted molar refractivity (Wildman–Crippen MR) is 96.7 cm³/mol. The average Bonchev–Trinajstić information content (AvgIpc) is 3.05. The van der Waals surface area contributed by atoms with Crippen molar-refractivity contribution in [1.82, 2.24) is 4.90 Å². The summed E-state index contributed by atoms with van der Waals surface area (Å²) >= 11 is 0. The van der Waals surface area contributed by atoms with Crippen LogP contribution >= 0.6 is 0 Å². The van der Waals surface area contributed by atoms with Crippen LogP contribution in [0, 0.1) is 11.3 Å². The van der Waals surface area contributed by atoms with Gasteiger partial charge in [0.15, 0.2) is 5.41 Å². The van der Waals surface area contributed by atoms with E-state index in [9.17, 15) is 14.9 Å². The molecule has 0 bridgehead atoms. The van der Waals surface area contributed by atoms with E-state index in [0.29, 0.717) is 17.8 Å². The van der Waals surface area contributed by atoms with Gasteiger partial charge in [-0.25, -0.2) is 0 Å². The van der Waals surface area contributed by atoms with Crippen molar-refractivity contribution in [3.05, 3.63) is 41.2 Å². The van der Waals surface area contributed by atoms with Crippen LogP contribution in [0.15, 0.2) is 35.7 Å². The minimum Gasteiger partial charge on any atom is -0.384 e. The highest BCUT2D eigenvalue weighted by Gasteiger charge is 2.65. The number of nitriles is 1. The molecule has 1 atom stereocenters. The highest BCUT2D eigenvalue weighted by Crippen LogP contribution is 2.52. The van der Waals surface area contributed by atoms with Gasteiger partial charge in [-0.1, -0.05) is 37.5 Å². The van der Waals surface area contributed by atoms with Gasteiger partial charge in [-0.3, -0.25) is 14.5 Å². The molecule has 2 amide bonds. The first-order chi connectivity index (χ1) is 12.6. The van der Waals surface area contributed by atoms with Crippen LogP contribution in [0.25, 0.3) is 0 Å². The van der Waals surface area contributed by atoms with Crippen LogP contribution in [0.3, 0.4) is 0 Å². The lowest BCUT2D eigenvalue weighted by Gasteiger charge is -2.33. The quantitative estimate of drug-likeness (QED) is 0.828. The third-order valence-corrected chi connectivity index (χ3v) is 5.96. The van der Waals surface area contributed by atoms with Gasteiger partial charge < -0.3 is 10.6 Å². The monoisotopic (exact) mass is 350 g/mol. The number of hydrogen-bond acceptors (Lipinski definition) is 4. The molecule has 2 heterocycles. The summed E-state index contributed by atoms with van der Waals surface area (Å²) in [6, 6.07) is 9.31. The Bertz CT molecular complexity index is 863. The number of anilines is 1. The van der Waals surface area contributed by atoms with Crippen molar-refractivity contribution in [2.45, 2.75) is 50.5 Å². The van der Waals surface area contributed by atoms with Crippen LogP contribution in [-0.4, -0.2) is 29.3 Å². The van der Waals surface area contributed by atoms with E-state index in [1.54, 1.807) is 21.9 Å². The number of benzene rings is 1. The van der Waals surface area contributed by atoms with Gasteiger partial charge in [0.2, 0.25) is 0 Å². The molecule has 1 unspecified atom stereocenters. The summed E-state index contributed by atoms with van der Waals surface area (Å²) in [7, 11) is 0. The second-order valence-electron chi connectivity index (χ2n) is 7.16. The van der Waals surface area contributed by atoms with Crippen molar-refractivity contribution < 1.29 is 9.59 Å². The van der Waals surface area contributed by atoms with E-state index in [1.165, 1.54) is 0 Å². The van der Waals surface area contributed by atoms with Crippen LogP contribution in [0.1, 0.15) is 44.6 Å². The number of amides is 2. The summed E-state index contributed by atoms with van der Waals surface area (Å²) in [5, 5.41) is 9.86. The van der Waals surface area contributed by atoms with E-state index < -0.39 is 5.41 Å². The maximum absolute atomic E-state index is 13.6. The Morgan fingerprint density at radius 1 is 1.19 bits per heavy atom. The van der Waals surface area contributed by atoms with E-state index in [0.717, 1.165) is 32.1 Å². The molecule has 2 N–H and O–H groups in total. The Balaban J connectivity index is 1.92. The molecular formula is C20H22N4O2. The van der Waals surface area contributed by atoms with Crippen LogP contribution in [0.5, 0.6) is 0 Å². The Morgan fingerprint density at radius 3 is 2.54 bits per heavy atom. The summed E-state index contributed by atoms with van der Waals surface area (Å²) in [5.74, 6) is -0.554. The molecule has 134 valence electrons. The van der Waals surface area contributed by atoms with Crippen LogP contribution in [-0.2, 0) is 15.0 Å². The molecule has 26 heavy (non-hydrogen) atoms. The first kappa shape index (κ1) is 16.6. The lowest BCUT2D eigenvalue weighted by atomic mass is 9.76. The zero-order chi connectivity index (χ0) is 18.5. The molecular weight excluding hydrogens is 328 g/mol. The van der Waals surface area contributed by atoms with Gasteiger partial charge in [-0.2, -0.15) is 5.26 Å². The van der Waals surface area contributed by atoms with E-state index >= 15 is 0 Å². The number of fused-ring (bicyclic) bond motifs is 2. The molecule has 1 aliphatic carbocycles. The fourth-order valence-corrected chi connectivity index (χ4v) is 4.77. The molecule has 4 rings (SSSR count). The largest absolute Gasteiger partial charge is 0.384 e. The second-order valence-corrected chi connectivity index (χ2v) is 7.16. The molecule has 1 aromatic rings. The Labute approximate surface area is 152 Å². The summed E-state index contributed by atoms with van der Waals surface area (Å²) in [4.78, 5) is 30.2. The van der Waals surface area contributed by atoms with Gasteiger partial charge in [-0.15, -0.1) is 0 Å². The summed E-state index contributed by atoms with van der Waals surface area (Å²) in [5.41, 5.74) is 6.06. The van der Waals surface area contributed by atoms with Crippen LogP contribution in [0.4, 0.5) is 5.69 Å². The molecule has 1 aromatic carbocycles. The van der Waals surface area contributed by atoms with Crippen molar-refractivity contribution in [3.63, 3.8) is 0 Å². The normalized spacial score (nSPS) is 26.0. The molecule has 1 spiro atoms. The molecule has 1 saturated carbocycles. The van der Waals surface area contributed by atoms with Gasteiger partial charge in [-0.05, 0) is 25.8 Å². The number of rotatable bonds is 2. The van der Waals surface area contributed by atoms with Gasteiger partial charge >= 0.3 is 0 Å². The smallest absolute Gasteiger partial charge is 0.254 e. The van der Waals surface area contributed by atoms with Crippen LogP contribution in [0.2, 0.25) is 0 Å². The standard InChI is InChI=1S/C20H22N4O2/c1-2-23-16-11-7-6-10-14(16)20(18(23)25)15(12-21)17(22)24(19(20)26)13-8-4-3-5-9-13/h6-7,10-11,13H,2-5,8-9,22H2,1H3. The first-order valence-corrected chi connectivity index (χ1v) is 9.24. The molecule has 6 heteroatoms. The fourth-order valence-electron chi connectivity index (χ4n) is 4.77. The minimum absolute atomic E-state index is 0.0328. The van der Waals surface area contributed by atoms with E-state index in [1.807, 2.05) is 19.1 Å². The molecule has 3 aliphatic rings. The molecule has 0 saturated heterocycles. The van der Waals surface area contributed by atoms with Crippen molar-refractivity contribution in [1.29, 1.82) is 5.26 Å². The Kier molecular flexibility index (Phi) is 3.76. The highest BCUT2D eigenvalue weighted by molar-refractivity contribution is 6.26. The molecule has 1 fully saturated rings. The zero-order valence-electron chi connectivity index (χ0n) is 14.9. The van der Waals surface area contributed by atoms with Crippen molar-refractivity contribution in [2.24, 2.45) is 5.73 Å². The van der Waals surface area contributed by atoms with Crippen LogP contribution < -0.4 is 10.6 Å². The van der Waals surface area contributed by atoms with Crippen molar-refractivity contribution in [2.75, 3.05) is 11.4 Å². The van der Waals surface area contributed by atoms with Crippen molar-refractivity contribution >= 4 is 17.5 Å². The van der Waals surface area contributed by atoms with Crippen molar-refractivity contribution in [3.8, 4) is 6.07 Å². The fraction of sp³-hybridized carbons (Fsp3) is 0.450. The van der Waals surface area contributed by atoms with E-state index in [-0.39, 0.29) is 29.3 Å². The SMILES string of the molecule is CCN1C(=O)C2(C(=O)N(C3CCCCC3)C(N)=C2C#N)c2ccccc21. The van der Waals surface area contributed by atoms with E-state index in [4.69, 9.17) is 5.73 Å². The number of hydrogen-bond donors (Lipinski definition) is 1. The minimum atomic E-state index is -1.61. The number of nitrogens with zero attached hydrogens (tertiary/aromatic N) is 3. The number of likely N-dealkylation sites (N-methyl/N-ethyl adjacent to an activating group) is 1.